The van der Waals surface area contributed by atoms with E-state index in [-0.39, 0.29) is 12.4 Å². The van der Waals surface area contributed by atoms with Gasteiger partial charge >= 0.3 is 0 Å². The Labute approximate surface area is 156 Å². The van der Waals surface area contributed by atoms with E-state index in [4.69, 9.17) is 4.98 Å². The van der Waals surface area contributed by atoms with Gasteiger partial charge in [-0.25, -0.2) is 9.99 Å². The summed E-state index contributed by atoms with van der Waals surface area (Å²) >= 11 is 0. The first-order valence-corrected chi connectivity index (χ1v) is 9.12. The van der Waals surface area contributed by atoms with Crippen LogP contribution in [0.2, 0.25) is 0 Å². The normalized spacial score (nSPS) is 11.0. The Kier molecular flexibility index (Phi) is 7.48. The molecule has 1 heterocycles. The molecule has 0 saturated carbocycles. The number of halogens is 1. The molecule has 0 aliphatic rings. The molecule has 134 valence electrons. The molecule has 0 unspecified atom stereocenters. The molecule has 0 saturated heterocycles. The quantitative estimate of drug-likeness (QED) is 0.393. The molecule has 3 rings (SSSR count). The topological polar surface area (TPSA) is 28.2 Å². The minimum Gasteiger partial charge on any atom is -0.317 e. The number of hydrogen-bond donors (Lipinski definition) is 1. The monoisotopic (exact) mass is 357 g/mol. The summed E-state index contributed by atoms with van der Waals surface area (Å²) in [6, 6.07) is 16.8. The lowest BCUT2D eigenvalue weighted by Crippen LogP contribution is -2.32. The maximum Gasteiger partial charge on any atom is 0.0731 e. The second-order valence-electron chi connectivity index (χ2n) is 6.33. The number of hydrogen-bond acceptors (Lipinski definition) is 3. The highest BCUT2D eigenvalue weighted by Gasteiger charge is 2.11. The Bertz CT molecular complexity index is 741. The molecule has 0 bridgehead atoms. The summed E-state index contributed by atoms with van der Waals surface area (Å²) < 4.78 is 0. The number of fused-ring (bicyclic) bond motifs is 2. The van der Waals surface area contributed by atoms with Gasteiger partial charge in [-0.3, -0.25) is 0 Å². The zero-order valence-corrected chi connectivity index (χ0v) is 16.0. The van der Waals surface area contributed by atoms with Gasteiger partial charge in [0.15, 0.2) is 0 Å². The maximum atomic E-state index is 4.81. The predicted molar refractivity (Wildman–Crippen MR) is 112 cm³/mol. The van der Waals surface area contributed by atoms with Crippen molar-refractivity contribution in [1.82, 2.24) is 9.99 Å². The molecule has 4 heteroatoms. The van der Waals surface area contributed by atoms with Crippen LogP contribution >= 0.6 is 12.4 Å². The lowest BCUT2D eigenvalue weighted by atomic mass is 10.1. The number of nitrogens with zero attached hydrogens (tertiary/aromatic N) is 2. The number of hydrazine groups is 1. The van der Waals surface area contributed by atoms with Crippen molar-refractivity contribution in [3.8, 4) is 0 Å². The van der Waals surface area contributed by atoms with E-state index in [2.05, 4.69) is 72.8 Å². The largest absolute Gasteiger partial charge is 0.317 e. The van der Waals surface area contributed by atoms with Gasteiger partial charge in [0, 0.05) is 23.9 Å². The number of pyridine rings is 1. The molecule has 0 amide bonds. The van der Waals surface area contributed by atoms with Crippen LogP contribution in [0.5, 0.6) is 0 Å². The number of rotatable bonds is 8. The number of anilines is 1. The highest BCUT2D eigenvalue weighted by Crippen LogP contribution is 2.31. The van der Waals surface area contributed by atoms with Crippen LogP contribution in [0.3, 0.4) is 0 Å². The highest BCUT2D eigenvalue weighted by atomic mass is 35.5. The van der Waals surface area contributed by atoms with E-state index < -0.39 is 0 Å². The van der Waals surface area contributed by atoms with Gasteiger partial charge in [0.25, 0.3) is 0 Å². The molecule has 0 atom stereocenters. The molecule has 3 aromatic rings. The Morgan fingerprint density at radius 3 is 1.76 bits per heavy atom. The number of benzene rings is 2. The second-order valence-corrected chi connectivity index (χ2v) is 6.33. The number of aromatic nitrogens is 1. The molecule has 1 aromatic heterocycles. The number of para-hydroxylation sites is 2. The van der Waals surface area contributed by atoms with Gasteiger partial charge < -0.3 is 5.43 Å². The Balaban J connectivity index is 0.00000225. The molecule has 25 heavy (non-hydrogen) atoms. The summed E-state index contributed by atoms with van der Waals surface area (Å²) in [6.45, 7) is 6.63. The third-order valence-corrected chi connectivity index (χ3v) is 4.42. The average Bonchev–Trinajstić information content (AvgIpc) is 2.63. The smallest absolute Gasteiger partial charge is 0.0731 e. The highest BCUT2D eigenvalue weighted by molar-refractivity contribution is 6.07. The van der Waals surface area contributed by atoms with Gasteiger partial charge in [-0.2, -0.15) is 0 Å². The molecule has 3 nitrogen and oxygen atoms in total. The fourth-order valence-corrected chi connectivity index (χ4v) is 3.04. The van der Waals surface area contributed by atoms with Crippen molar-refractivity contribution in [3.05, 3.63) is 48.5 Å². The van der Waals surface area contributed by atoms with Crippen LogP contribution in [0.25, 0.3) is 21.8 Å². The van der Waals surface area contributed by atoms with E-state index in [1.165, 1.54) is 42.1 Å². The summed E-state index contributed by atoms with van der Waals surface area (Å²) in [5, 5.41) is 4.75. The third-order valence-electron chi connectivity index (χ3n) is 4.42. The molecule has 0 aliphatic heterocycles. The predicted octanol–water partition coefficient (Wildman–Crippen LogP) is 6.04. The molecular formula is C21H28ClN3. The van der Waals surface area contributed by atoms with Gasteiger partial charge in [-0.05, 0) is 25.0 Å². The van der Waals surface area contributed by atoms with E-state index in [1.807, 2.05) is 0 Å². The molecule has 2 aromatic carbocycles. The molecule has 0 radical (unpaired) electrons. The molecule has 1 N–H and O–H groups in total. The van der Waals surface area contributed by atoms with Gasteiger partial charge in [-0.1, -0.05) is 63.1 Å². The minimum absolute atomic E-state index is 0. The maximum absolute atomic E-state index is 4.81. The summed E-state index contributed by atoms with van der Waals surface area (Å²) in [5.74, 6) is 0. The van der Waals surface area contributed by atoms with Crippen molar-refractivity contribution in [1.29, 1.82) is 0 Å². The van der Waals surface area contributed by atoms with Crippen molar-refractivity contribution in [2.75, 3.05) is 18.5 Å². The first-order valence-electron chi connectivity index (χ1n) is 9.12. The summed E-state index contributed by atoms with van der Waals surface area (Å²) in [5.41, 5.74) is 7.00. The molecule has 0 fully saturated rings. The van der Waals surface area contributed by atoms with E-state index in [0.29, 0.717) is 0 Å². The van der Waals surface area contributed by atoms with Crippen molar-refractivity contribution in [3.63, 3.8) is 0 Å². The fraction of sp³-hybridized carbons (Fsp3) is 0.381. The van der Waals surface area contributed by atoms with Crippen LogP contribution in [0.15, 0.2) is 48.5 Å². The first-order chi connectivity index (χ1) is 11.8. The molecular weight excluding hydrogens is 330 g/mol. The van der Waals surface area contributed by atoms with E-state index in [9.17, 15) is 0 Å². The van der Waals surface area contributed by atoms with Crippen LogP contribution in [-0.4, -0.2) is 23.1 Å². The summed E-state index contributed by atoms with van der Waals surface area (Å²) in [4.78, 5) is 4.81. The zero-order valence-electron chi connectivity index (χ0n) is 15.2. The van der Waals surface area contributed by atoms with Crippen LogP contribution in [-0.2, 0) is 0 Å². The standard InChI is InChI=1S/C21H27N3.ClH/c1-3-5-15-24(16-6-4-2)23-21-17-11-7-9-13-19(17)22-20-14-10-8-12-18(20)21;/h7-14H,3-6,15-16H2,1-2H3,(H,22,23);1H. The van der Waals surface area contributed by atoms with Crippen LogP contribution in [0, 0.1) is 0 Å². The van der Waals surface area contributed by atoms with Crippen molar-refractivity contribution in [2.45, 2.75) is 39.5 Å². The van der Waals surface area contributed by atoms with E-state index in [1.54, 1.807) is 0 Å². The number of unbranched alkanes of at least 4 members (excludes halogenated alkanes) is 2. The second kappa shape index (κ2) is 9.59. The summed E-state index contributed by atoms with van der Waals surface area (Å²) in [6.07, 6.45) is 4.83. The van der Waals surface area contributed by atoms with E-state index >= 15 is 0 Å². The van der Waals surface area contributed by atoms with Gasteiger partial charge in [-0.15, -0.1) is 12.4 Å². The first kappa shape index (κ1) is 19.5. The van der Waals surface area contributed by atoms with E-state index in [0.717, 1.165) is 24.1 Å². The zero-order chi connectivity index (χ0) is 16.8. The summed E-state index contributed by atoms with van der Waals surface area (Å²) in [7, 11) is 0. The third kappa shape index (κ3) is 4.62. The van der Waals surface area contributed by atoms with Crippen molar-refractivity contribution in [2.24, 2.45) is 0 Å². The lowest BCUT2D eigenvalue weighted by Gasteiger charge is -2.26. The van der Waals surface area contributed by atoms with Gasteiger partial charge in [0.05, 0.1) is 16.7 Å². The molecule has 0 aliphatic carbocycles. The molecule has 0 spiro atoms. The fourth-order valence-electron chi connectivity index (χ4n) is 3.04. The Hall–Kier alpha value is -1.84. The Morgan fingerprint density at radius 2 is 1.28 bits per heavy atom. The Morgan fingerprint density at radius 1 is 0.800 bits per heavy atom. The van der Waals surface area contributed by atoms with Gasteiger partial charge in [0.1, 0.15) is 0 Å². The van der Waals surface area contributed by atoms with Crippen LogP contribution < -0.4 is 5.43 Å². The van der Waals surface area contributed by atoms with Gasteiger partial charge in [0.2, 0.25) is 0 Å². The number of nitrogens with one attached hydrogen (secondary N) is 1. The SMILES string of the molecule is CCCCN(CCCC)Nc1c2ccccc2nc2ccccc12.Cl. The van der Waals surface area contributed by atoms with Crippen LogP contribution in [0.1, 0.15) is 39.5 Å². The van der Waals surface area contributed by atoms with Crippen LogP contribution in [0.4, 0.5) is 5.69 Å². The average molecular weight is 358 g/mol. The van der Waals surface area contributed by atoms with Crippen molar-refractivity contribution >= 4 is 39.9 Å². The van der Waals surface area contributed by atoms with Crippen molar-refractivity contribution < 1.29 is 0 Å². The minimum atomic E-state index is 0. The lowest BCUT2D eigenvalue weighted by molar-refractivity contribution is 0.318.